The molecular formula is C18H22FN3O4S. The van der Waals surface area contributed by atoms with Gasteiger partial charge < -0.3 is 9.26 Å². The summed E-state index contributed by atoms with van der Waals surface area (Å²) in [4.78, 5) is 1.92. The number of rotatable bonds is 5. The fourth-order valence-corrected chi connectivity index (χ4v) is 4.95. The Hall–Kier alpha value is -1.81. The number of hydrogen-bond donors (Lipinski definition) is 1. The fourth-order valence-electron chi connectivity index (χ4n) is 3.60. The van der Waals surface area contributed by atoms with Crippen LogP contribution in [0.2, 0.25) is 0 Å². The Bertz CT molecular complexity index is 909. The molecule has 9 heteroatoms. The van der Waals surface area contributed by atoms with Crippen LogP contribution in [-0.2, 0) is 34.1 Å². The van der Waals surface area contributed by atoms with Gasteiger partial charge in [-0.25, -0.2) is 17.5 Å². The standard InChI is InChI=1S/C18H22FN3O4S/c19-15-3-1-2-4-18(15)27(23,24)21-13-5-6-17-14(11-13)16(20-26-17)12-22-7-9-25-10-8-22/h1-4,13,21H,5-12H2. The second kappa shape index (κ2) is 7.67. The summed E-state index contributed by atoms with van der Waals surface area (Å²) in [6.07, 6.45) is 1.69. The first-order chi connectivity index (χ1) is 13.0. The van der Waals surface area contributed by atoms with Gasteiger partial charge in [-0.15, -0.1) is 0 Å². The van der Waals surface area contributed by atoms with Gasteiger partial charge in [0.05, 0.1) is 13.2 Å². The number of fused-ring (bicyclic) bond motifs is 1. The van der Waals surface area contributed by atoms with Crippen LogP contribution in [0.5, 0.6) is 0 Å². The van der Waals surface area contributed by atoms with Crippen molar-refractivity contribution in [1.29, 1.82) is 0 Å². The summed E-state index contributed by atoms with van der Waals surface area (Å²) in [7, 11) is -3.92. The van der Waals surface area contributed by atoms with Crippen LogP contribution in [0, 0.1) is 5.82 Å². The minimum absolute atomic E-state index is 0.315. The molecule has 1 fully saturated rings. The van der Waals surface area contributed by atoms with Gasteiger partial charge in [0.25, 0.3) is 0 Å². The van der Waals surface area contributed by atoms with Crippen molar-refractivity contribution in [3.05, 3.63) is 47.1 Å². The summed E-state index contributed by atoms with van der Waals surface area (Å²) < 4.78 is 52.5. The highest BCUT2D eigenvalue weighted by Gasteiger charge is 2.30. The van der Waals surface area contributed by atoms with E-state index in [1.165, 1.54) is 18.2 Å². The van der Waals surface area contributed by atoms with Crippen LogP contribution >= 0.6 is 0 Å². The second-order valence-corrected chi connectivity index (χ2v) is 8.59. The molecule has 1 saturated heterocycles. The molecule has 2 aromatic rings. The molecule has 0 amide bonds. The van der Waals surface area contributed by atoms with E-state index in [1.54, 1.807) is 0 Å². The first-order valence-corrected chi connectivity index (χ1v) is 10.5. The zero-order chi connectivity index (χ0) is 18.9. The molecule has 0 radical (unpaired) electrons. The van der Waals surface area contributed by atoms with Crippen LogP contribution in [0.25, 0.3) is 0 Å². The predicted molar refractivity (Wildman–Crippen MR) is 95.1 cm³/mol. The van der Waals surface area contributed by atoms with Crippen LogP contribution in [0.15, 0.2) is 33.7 Å². The number of nitrogens with zero attached hydrogens (tertiary/aromatic N) is 2. The molecule has 0 saturated carbocycles. The number of halogens is 1. The fraction of sp³-hybridized carbons (Fsp3) is 0.500. The zero-order valence-electron chi connectivity index (χ0n) is 14.9. The number of sulfonamides is 1. The van der Waals surface area contributed by atoms with Gasteiger partial charge in [0.15, 0.2) is 0 Å². The molecule has 1 aliphatic carbocycles. The van der Waals surface area contributed by atoms with Crippen molar-refractivity contribution < 1.29 is 22.1 Å². The average Bonchev–Trinajstić information content (AvgIpc) is 3.05. The molecule has 2 heterocycles. The summed E-state index contributed by atoms with van der Waals surface area (Å²) in [6, 6.07) is 5.08. The number of aromatic nitrogens is 1. The molecule has 0 spiro atoms. The molecule has 7 nitrogen and oxygen atoms in total. The third-order valence-electron chi connectivity index (χ3n) is 5.05. The predicted octanol–water partition coefficient (Wildman–Crippen LogP) is 1.48. The largest absolute Gasteiger partial charge is 0.379 e. The number of ether oxygens (including phenoxy) is 1. The number of nitrogens with one attached hydrogen (secondary N) is 1. The van der Waals surface area contributed by atoms with E-state index in [0.717, 1.165) is 36.2 Å². The summed E-state index contributed by atoms with van der Waals surface area (Å²) in [6.45, 7) is 3.74. The number of hydrogen-bond acceptors (Lipinski definition) is 6. The summed E-state index contributed by atoms with van der Waals surface area (Å²) >= 11 is 0. The van der Waals surface area contributed by atoms with Crippen molar-refractivity contribution >= 4 is 10.0 Å². The molecular weight excluding hydrogens is 373 g/mol. The molecule has 146 valence electrons. The molecule has 1 aromatic carbocycles. The van der Waals surface area contributed by atoms with Gasteiger partial charge in [-0.1, -0.05) is 17.3 Å². The number of aryl methyl sites for hydroxylation is 1. The van der Waals surface area contributed by atoms with Gasteiger partial charge in [-0.2, -0.15) is 0 Å². The minimum atomic E-state index is -3.92. The molecule has 1 atom stereocenters. The maximum Gasteiger partial charge on any atom is 0.243 e. The first-order valence-electron chi connectivity index (χ1n) is 9.06. The van der Waals surface area contributed by atoms with Crippen LogP contribution in [0.1, 0.15) is 23.4 Å². The van der Waals surface area contributed by atoms with Crippen LogP contribution in [0.4, 0.5) is 4.39 Å². The van der Waals surface area contributed by atoms with Crippen LogP contribution in [0.3, 0.4) is 0 Å². The first kappa shape index (κ1) is 18.5. The molecule has 1 aromatic heterocycles. The van der Waals surface area contributed by atoms with E-state index in [4.69, 9.17) is 9.26 Å². The number of morpholine rings is 1. The van der Waals surface area contributed by atoms with E-state index in [2.05, 4.69) is 14.8 Å². The monoisotopic (exact) mass is 395 g/mol. The minimum Gasteiger partial charge on any atom is -0.379 e. The third kappa shape index (κ3) is 4.06. The lowest BCUT2D eigenvalue weighted by atomic mass is 9.92. The lowest BCUT2D eigenvalue weighted by Gasteiger charge is -2.27. The van der Waals surface area contributed by atoms with E-state index >= 15 is 0 Å². The molecule has 27 heavy (non-hydrogen) atoms. The van der Waals surface area contributed by atoms with Crippen molar-refractivity contribution in [3.63, 3.8) is 0 Å². The van der Waals surface area contributed by atoms with E-state index in [0.29, 0.717) is 39.0 Å². The topological polar surface area (TPSA) is 84.7 Å². The Kier molecular flexibility index (Phi) is 5.27. The lowest BCUT2D eigenvalue weighted by Crippen LogP contribution is -2.39. The highest BCUT2D eigenvalue weighted by molar-refractivity contribution is 7.89. The number of benzene rings is 1. The maximum atomic E-state index is 13.9. The summed E-state index contributed by atoms with van der Waals surface area (Å²) in [5.74, 6) is 0.0686. The van der Waals surface area contributed by atoms with Gasteiger partial charge in [-0.3, -0.25) is 4.90 Å². The van der Waals surface area contributed by atoms with Crippen molar-refractivity contribution in [2.24, 2.45) is 0 Å². The second-order valence-electron chi connectivity index (χ2n) is 6.91. The van der Waals surface area contributed by atoms with Crippen LogP contribution in [-0.4, -0.2) is 50.8 Å². The lowest BCUT2D eigenvalue weighted by molar-refractivity contribution is 0.0331. The molecule has 2 aliphatic rings. The van der Waals surface area contributed by atoms with Crippen molar-refractivity contribution in [2.45, 2.75) is 36.7 Å². The van der Waals surface area contributed by atoms with Crippen molar-refractivity contribution in [3.8, 4) is 0 Å². The van der Waals surface area contributed by atoms with E-state index in [9.17, 15) is 12.8 Å². The molecule has 1 unspecified atom stereocenters. The Morgan fingerprint density at radius 1 is 1.26 bits per heavy atom. The van der Waals surface area contributed by atoms with Gasteiger partial charge in [0, 0.05) is 37.7 Å². The highest BCUT2D eigenvalue weighted by Crippen LogP contribution is 2.27. The van der Waals surface area contributed by atoms with Crippen molar-refractivity contribution in [2.75, 3.05) is 26.3 Å². The van der Waals surface area contributed by atoms with Crippen molar-refractivity contribution in [1.82, 2.24) is 14.8 Å². The van der Waals surface area contributed by atoms with Gasteiger partial charge in [0.2, 0.25) is 10.0 Å². The Morgan fingerprint density at radius 2 is 2.04 bits per heavy atom. The van der Waals surface area contributed by atoms with Gasteiger partial charge in [-0.05, 0) is 25.0 Å². The Labute approximate surface area is 157 Å². The summed E-state index contributed by atoms with van der Waals surface area (Å²) in [5, 5.41) is 4.20. The highest BCUT2D eigenvalue weighted by atomic mass is 32.2. The van der Waals surface area contributed by atoms with Crippen LogP contribution < -0.4 is 4.72 Å². The van der Waals surface area contributed by atoms with Gasteiger partial charge >= 0.3 is 0 Å². The molecule has 0 bridgehead atoms. The Morgan fingerprint density at radius 3 is 2.81 bits per heavy atom. The third-order valence-corrected chi connectivity index (χ3v) is 6.60. The zero-order valence-corrected chi connectivity index (χ0v) is 15.7. The Balaban J connectivity index is 1.48. The SMILES string of the molecule is O=S(=O)(NC1CCc2onc(CN3CCOCC3)c2C1)c1ccccc1F. The molecule has 4 rings (SSSR count). The average molecular weight is 395 g/mol. The summed E-state index contributed by atoms with van der Waals surface area (Å²) in [5.41, 5.74) is 1.82. The molecule has 1 aliphatic heterocycles. The van der Waals surface area contributed by atoms with E-state index in [1.807, 2.05) is 0 Å². The quantitative estimate of drug-likeness (QED) is 0.826. The van der Waals surface area contributed by atoms with E-state index < -0.39 is 15.8 Å². The molecule has 1 N–H and O–H groups in total. The van der Waals surface area contributed by atoms with Gasteiger partial charge in [0.1, 0.15) is 22.2 Å². The smallest absolute Gasteiger partial charge is 0.243 e. The van der Waals surface area contributed by atoms with E-state index in [-0.39, 0.29) is 10.9 Å². The maximum absolute atomic E-state index is 13.9. The normalized spacial score (nSPS) is 21.1.